The van der Waals surface area contributed by atoms with E-state index in [0.717, 1.165) is 11.3 Å². The standard InChI is InChI=1S/C17H17ClN2O3/c18-12-5-6-16(20-11-12)23-10-8-19-17(21)14-7-9-22-15-4-2-1-3-13(14)15/h1-6,11,14H,7-10H2,(H,19,21). The highest BCUT2D eigenvalue weighted by atomic mass is 35.5. The second-order valence-corrected chi connectivity index (χ2v) is 5.62. The number of ether oxygens (including phenoxy) is 2. The van der Waals surface area contributed by atoms with Crippen molar-refractivity contribution in [1.29, 1.82) is 0 Å². The fraction of sp³-hybridized carbons (Fsp3) is 0.294. The third-order valence-electron chi connectivity index (χ3n) is 3.63. The average molecular weight is 333 g/mol. The third kappa shape index (κ3) is 3.93. The summed E-state index contributed by atoms with van der Waals surface area (Å²) in [5.74, 6) is 1.10. The first-order chi connectivity index (χ1) is 11.2. The van der Waals surface area contributed by atoms with E-state index in [-0.39, 0.29) is 11.8 Å². The Kier molecular flexibility index (Phi) is 4.98. The van der Waals surface area contributed by atoms with Gasteiger partial charge in [0, 0.05) is 17.8 Å². The summed E-state index contributed by atoms with van der Waals surface area (Å²) in [6.07, 6.45) is 2.21. The molecule has 0 radical (unpaired) electrons. The zero-order valence-corrected chi connectivity index (χ0v) is 13.3. The van der Waals surface area contributed by atoms with E-state index in [1.807, 2.05) is 24.3 Å². The Hall–Kier alpha value is -2.27. The number of hydrogen-bond acceptors (Lipinski definition) is 4. The Morgan fingerprint density at radius 3 is 3.04 bits per heavy atom. The smallest absolute Gasteiger partial charge is 0.227 e. The largest absolute Gasteiger partial charge is 0.493 e. The summed E-state index contributed by atoms with van der Waals surface area (Å²) in [4.78, 5) is 16.4. The number of amides is 1. The second-order valence-electron chi connectivity index (χ2n) is 5.18. The second kappa shape index (κ2) is 7.33. The number of carbonyl (C=O) groups is 1. The molecule has 23 heavy (non-hydrogen) atoms. The van der Waals surface area contributed by atoms with Crippen LogP contribution < -0.4 is 14.8 Å². The molecule has 6 heteroatoms. The lowest BCUT2D eigenvalue weighted by Gasteiger charge is -2.25. The Bertz CT molecular complexity index is 676. The molecule has 2 heterocycles. The molecule has 0 saturated heterocycles. The number of benzene rings is 1. The van der Waals surface area contributed by atoms with Crippen LogP contribution in [0.5, 0.6) is 11.6 Å². The van der Waals surface area contributed by atoms with Gasteiger partial charge >= 0.3 is 0 Å². The van der Waals surface area contributed by atoms with Crippen molar-refractivity contribution in [3.8, 4) is 11.6 Å². The van der Waals surface area contributed by atoms with Gasteiger partial charge in [0.15, 0.2) is 0 Å². The van der Waals surface area contributed by atoms with Gasteiger partial charge in [0.1, 0.15) is 12.4 Å². The minimum atomic E-state index is -0.173. The van der Waals surface area contributed by atoms with Gasteiger partial charge < -0.3 is 14.8 Å². The number of carbonyl (C=O) groups excluding carboxylic acids is 1. The number of rotatable bonds is 5. The number of aromatic nitrogens is 1. The molecular weight excluding hydrogens is 316 g/mol. The van der Waals surface area contributed by atoms with E-state index in [0.29, 0.717) is 37.1 Å². The summed E-state index contributed by atoms with van der Waals surface area (Å²) < 4.78 is 11.0. The van der Waals surface area contributed by atoms with Crippen LogP contribution in [0.1, 0.15) is 17.9 Å². The molecule has 1 aliphatic rings. The van der Waals surface area contributed by atoms with Crippen LogP contribution in [0.25, 0.3) is 0 Å². The number of nitrogens with zero attached hydrogens (tertiary/aromatic N) is 1. The van der Waals surface area contributed by atoms with Gasteiger partial charge in [-0.05, 0) is 18.6 Å². The molecule has 120 valence electrons. The van der Waals surface area contributed by atoms with Gasteiger partial charge in [-0.25, -0.2) is 4.98 Å². The predicted molar refractivity (Wildman–Crippen MR) is 87.0 cm³/mol. The van der Waals surface area contributed by atoms with E-state index in [1.54, 1.807) is 12.1 Å². The minimum absolute atomic E-state index is 0.00610. The molecular formula is C17H17ClN2O3. The monoisotopic (exact) mass is 332 g/mol. The van der Waals surface area contributed by atoms with Crippen molar-refractivity contribution in [3.05, 3.63) is 53.2 Å². The van der Waals surface area contributed by atoms with Crippen LogP contribution in [0.2, 0.25) is 5.02 Å². The van der Waals surface area contributed by atoms with Crippen LogP contribution in [-0.4, -0.2) is 30.6 Å². The molecule has 0 saturated carbocycles. The topological polar surface area (TPSA) is 60.5 Å². The van der Waals surface area contributed by atoms with E-state index in [1.165, 1.54) is 6.20 Å². The molecule has 1 unspecified atom stereocenters. The first kappa shape index (κ1) is 15.6. The van der Waals surface area contributed by atoms with Crippen molar-refractivity contribution >= 4 is 17.5 Å². The molecule has 1 atom stereocenters. The van der Waals surface area contributed by atoms with Gasteiger partial charge in [0.25, 0.3) is 0 Å². The normalized spacial score (nSPS) is 16.1. The lowest BCUT2D eigenvalue weighted by Crippen LogP contribution is -2.34. The summed E-state index contributed by atoms with van der Waals surface area (Å²) >= 11 is 5.76. The number of fused-ring (bicyclic) bond motifs is 1. The highest BCUT2D eigenvalue weighted by Crippen LogP contribution is 2.33. The SMILES string of the molecule is O=C(NCCOc1ccc(Cl)cn1)C1CCOc2ccccc21. The van der Waals surface area contributed by atoms with Gasteiger partial charge in [0.05, 0.1) is 24.1 Å². The highest BCUT2D eigenvalue weighted by Gasteiger charge is 2.26. The van der Waals surface area contributed by atoms with Crippen molar-refractivity contribution < 1.29 is 14.3 Å². The van der Waals surface area contributed by atoms with Crippen molar-refractivity contribution in [2.24, 2.45) is 0 Å². The lowest BCUT2D eigenvalue weighted by atomic mass is 9.92. The van der Waals surface area contributed by atoms with E-state index in [4.69, 9.17) is 21.1 Å². The number of halogens is 1. The summed E-state index contributed by atoms with van der Waals surface area (Å²) in [7, 11) is 0. The number of pyridine rings is 1. The summed E-state index contributed by atoms with van der Waals surface area (Å²) in [6, 6.07) is 11.1. The third-order valence-corrected chi connectivity index (χ3v) is 3.85. The number of para-hydroxylation sites is 1. The Morgan fingerprint density at radius 2 is 2.22 bits per heavy atom. The zero-order valence-electron chi connectivity index (χ0n) is 12.5. The van der Waals surface area contributed by atoms with Crippen LogP contribution in [0.15, 0.2) is 42.6 Å². The minimum Gasteiger partial charge on any atom is -0.493 e. The Balaban J connectivity index is 1.49. The molecule has 1 amide bonds. The van der Waals surface area contributed by atoms with Crippen molar-refractivity contribution in [3.63, 3.8) is 0 Å². The van der Waals surface area contributed by atoms with Crippen LogP contribution in [0.4, 0.5) is 0 Å². The zero-order chi connectivity index (χ0) is 16.1. The molecule has 1 aromatic heterocycles. The van der Waals surface area contributed by atoms with Gasteiger partial charge in [-0.15, -0.1) is 0 Å². The maximum absolute atomic E-state index is 12.4. The molecule has 2 aromatic rings. The van der Waals surface area contributed by atoms with Gasteiger partial charge in [-0.3, -0.25) is 4.79 Å². The fourth-order valence-corrected chi connectivity index (χ4v) is 2.63. The molecule has 3 rings (SSSR count). The average Bonchev–Trinajstić information content (AvgIpc) is 2.59. The maximum Gasteiger partial charge on any atom is 0.227 e. The highest BCUT2D eigenvalue weighted by molar-refractivity contribution is 6.30. The first-order valence-electron chi connectivity index (χ1n) is 7.48. The van der Waals surface area contributed by atoms with Gasteiger partial charge in [-0.1, -0.05) is 29.8 Å². The van der Waals surface area contributed by atoms with E-state index in [9.17, 15) is 4.79 Å². The molecule has 0 aliphatic carbocycles. The predicted octanol–water partition coefficient (Wildman–Crippen LogP) is 2.80. The number of nitrogens with one attached hydrogen (secondary N) is 1. The van der Waals surface area contributed by atoms with E-state index < -0.39 is 0 Å². The molecule has 0 spiro atoms. The molecule has 0 fully saturated rings. The van der Waals surface area contributed by atoms with Crippen molar-refractivity contribution in [2.45, 2.75) is 12.3 Å². The van der Waals surface area contributed by atoms with Gasteiger partial charge in [-0.2, -0.15) is 0 Å². The number of hydrogen-bond donors (Lipinski definition) is 1. The lowest BCUT2D eigenvalue weighted by molar-refractivity contribution is -0.123. The first-order valence-corrected chi connectivity index (χ1v) is 7.85. The van der Waals surface area contributed by atoms with Crippen molar-refractivity contribution in [2.75, 3.05) is 19.8 Å². The van der Waals surface area contributed by atoms with Crippen LogP contribution in [-0.2, 0) is 4.79 Å². The summed E-state index contributed by atoms with van der Waals surface area (Å²) in [5.41, 5.74) is 0.941. The molecule has 1 aliphatic heterocycles. The van der Waals surface area contributed by atoms with Gasteiger partial charge in [0.2, 0.25) is 11.8 Å². The van der Waals surface area contributed by atoms with Crippen LogP contribution >= 0.6 is 11.6 Å². The fourth-order valence-electron chi connectivity index (χ4n) is 2.52. The van der Waals surface area contributed by atoms with E-state index in [2.05, 4.69) is 10.3 Å². The Labute approximate surface area is 139 Å². The molecule has 1 N–H and O–H groups in total. The quantitative estimate of drug-likeness (QED) is 0.855. The maximum atomic E-state index is 12.4. The summed E-state index contributed by atoms with van der Waals surface area (Å²) in [5, 5.41) is 3.46. The Morgan fingerprint density at radius 1 is 1.35 bits per heavy atom. The molecule has 0 bridgehead atoms. The van der Waals surface area contributed by atoms with E-state index >= 15 is 0 Å². The molecule has 1 aromatic carbocycles. The molecule has 5 nitrogen and oxygen atoms in total. The van der Waals surface area contributed by atoms with Crippen molar-refractivity contribution in [1.82, 2.24) is 10.3 Å². The summed E-state index contributed by atoms with van der Waals surface area (Å²) in [6.45, 7) is 1.33. The van der Waals surface area contributed by atoms with Crippen LogP contribution in [0, 0.1) is 0 Å². The van der Waals surface area contributed by atoms with Crippen LogP contribution in [0.3, 0.4) is 0 Å².